The highest BCUT2D eigenvalue weighted by atomic mass is 16.5. The van der Waals surface area contributed by atoms with Crippen LogP contribution in [0.3, 0.4) is 0 Å². The summed E-state index contributed by atoms with van der Waals surface area (Å²) in [5.41, 5.74) is 0.571. The van der Waals surface area contributed by atoms with Gasteiger partial charge in [0.25, 0.3) is 0 Å². The molecule has 1 fully saturated rings. The summed E-state index contributed by atoms with van der Waals surface area (Å²) in [4.78, 5) is 22.6. The van der Waals surface area contributed by atoms with Gasteiger partial charge in [0, 0.05) is 0 Å². The molecular formula is C16H20O4. The number of carbonyl (C=O) groups excluding carboxylic acids is 1. The van der Waals surface area contributed by atoms with Crippen LogP contribution < -0.4 is 0 Å². The highest BCUT2D eigenvalue weighted by molar-refractivity contribution is 5.92. The number of esters is 1. The van der Waals surface area contributed by atoms with E-state index in [1.807, 2.05) is 0 Å². The quantitative estimate of drug-likeness (QED) is 0.856. The number of rotatable bonds is 4. The van der Waals surface area contributed by atoms with E-state index in [1.54, 1.807) is 0 Å². The second-order valence-corrected chi connectivity index (χ2v) is 5.61. The summed E-state index contributed by atoms with van der Waals surface area (Å²) in [7, 11) is 0. The monoisotopic (exact) mass is 276 g/mol. The van der Waals surface area contributed by atoms with Crippen molar-refractivity contribution in [2.45, 2.75) is 32.6 Å². The van der Waals surface area contributed by atoms with Gasteiger partial charge >= 0.3 is 11.9 Å². The zero-order valence-electron chi connectivity index (χ0n) is 11.7. The van der Waals surface area contributed by atoms with Gasteiger partial charge in [-0.1, -0.05) is 19.8 Å². The molecule has 1 N–H and O–H groups in total. The third kappa shape index (κ3) is 3.83. The Morgan fingerprint density at radius 2 is 1.65 bits per heavy atom. The Morgan fingerprint density at radius 1 is 1.10 bits per heavy atom. The highest BCUT2D eigenvalue weighted by Crippen LogP contribution is 2.28. The van der Waals surface area contributed by atoms with Crippen LogP contribution in [0.4, 0.5) is 0 Å². The molecule has 1 saturated carbocycles. The van der Waals surface area contributed by atoms with E-state index in [0.29, 0.717) is 18.1 Å². The van der Waals surface area contributed by atoms with Crippen LogP contribution in [0, 0.1) is 11.8 Å². The number of ether oxygens (including phenoxy) is 1. The molecule has 0 atom stereocenters. The number of hydrogen-bond donors (Lipinski definition) is 1. The Bertz CT molecular complexity index is 470. The van der Waals surface area contributed by atoms with Crippen LogP contribution in [0.5, 0.6) is 0 Å². The SMILES string of the molecule is CC1CCC(COC(=O)c2ccc(C(=O)O)cc2)CC1. The Balaban J connectivity index is 1.84. The molecule has 0 heterocycles. The van der Waals surface area contributed by atoms with Crippen molar-refractivity contribution >= 4 is 11.9 Å². The minimum Gasteiger partial charge on any atom is -0.478 e. The minimum atomic E-state index is -0.999. The summed E-state index contributed by atoms with van der Waals surface area (Å²) in [5.74, 6) is -0.124. The molecule has 0 unspecified atom stereocenters. The molecule has 1 aliphatic rings. The largest absolute Gasteiger partial charge is 0.478 e. The van der Waals surface area contributed by atoms with Crippen molar-refractivity contribution in [2.24, 2.45) is 11.8 Å². The van der Waals surface area contributed by atoms with Crippen LogP contribution in [0.2, 0.25) is 0 Å². The van der Waals surface area contributed by atoms with Crippen molar-refractivity contribution in [3.63, 3.8) is 0 Å². The van der Waals surface area contributed by atoms with Crippen LogP contribution in [-0.2, 0) is 4.74 Å². The van der Waals surface area contributed by atoms with E-state index in [1.165, 1.54) is 37.1 Å². The molecule has 4 heteroatoms. The lowest BCUT2D eigenvalue weighted by molar-refractivity contribution is 0.0397. The molecule has 4 nitrogen and oxygen atoms in total. The van der Waals surface area contributed by atoms with Gasteiger partial charge in [-0.3, -0.25) is 0 Å². The zero-order chi connectivity index (χ0) is 14.5. The number of benzene rings is 1. The Labute approximate surface area is 118 Å². The molecule has 2 rings (SSSR count). The summed E-state index contributed by atoms with van der Waals surface area (Å²) < 4.78 is 5.32. The highest BCUT2D eigenvalue weighted by Gasteiger charge is 2.20. The van der Waals surface area contributed by atoms with Gasteiger partial charge in [-0.2, -0.15) is 0 Å². The average molecular weight is 276 g/mol. The molecule has 0 aliphatic heterocycles. The molecule has 1 aromatic rings. The zero-order valence-corrected chi connectivity index (χ0v) is 11.7. The molecule has 0 spiro atoms. The molecule has 0 saturated heterocycles. The first kappa shape index (κ1) is 14.6. The first-order valence-electron chi connectivity index (χ1n) is 7.06. The summed E-state index contributed by atoms with van der Waals surface area (Å²) >= 11 is 0. The first-order valence-corrected chi connectivity index (χ1v) is 7.06. The van der Waals surface area contributed by atoms with Gasteiger partial charge in [0.05, 0.1) is 17.7 Å². The summed E-state index contributed by atoms with van der Waals surface area (Å²) in [6.45, 7) is 2.72. The van der Waals surface area contributed by atoms with Gasteiger partial charge in [0.1, 0.15) is 0 Å². The summed E-state index contributed by atoms with van der Waals surface area (Å²) in [6, 6.07) is 5.83. The second-order valence-electron chi connectivity index (χ2n) is 5.61. The predicted octanol–water partition coefficient (Wildman–Crippen LogP) is 3.37. The Morgan fingerprint density at radius 3 is 2.20 bits per heavy atom. The van der Waals surface area contributed by atoms with Gasteiger partial charge in [0.2, 0.25) is 0 Å². The van der Waals surface area contributed by atoms with Crippen molar-refractivity contribution in [1.82, 2.24) is 0 Å². The van der Waals surface area contributed by atoms with Crippen molar-refractivity contribution in [3.8, 4) is 0 Å². The maximum atomic E-state index is 11.9. The number of aromatic carboxylic acids is 1. The fourth-order valence-corrected chi connectivity index (χ4v) is 2.52. The van der Waals surface area contributed by atoms with Gasteiger partial charge < -0.3 is 9.84 Å². The van der Waals surface area contributed by atoms with E-state index < -0.39 is 5.97 Å². The lowest BCUT2D eigenvalue weighted by atomic mass is 9.83. The fourth-order valence-electron chi connectivity index (χ4n) is 2.52. The molecule has 1 aromatic carbocycles. The number of carboxylic acids is 1. The van der Waals surface area contributed by atoms with E-state index in [0.717, 1.165) is 18.8 Å². The normalized spacial score (nSPS) is 22.2. The van der Waals surface area contributed by atoms with Gasteiger partial charge in [0.15, 0.2) is 0 Å². The van der Waals surface area contributed by atoms with Crippen LogP contribution in [0.1, 0.15) is 53.3 Å². The van der Waals surface area contributed by atoms with Gasteiger partial charge in [-0.15, -0.1) is 0 Å². The minimum absolute atomic E-state index is 0.169. The van der Waals surface area contributed by atoms with E-state index in [-0.39, 0.29) is 11.5 Å². The van der Waals surface area contributed by atoms with Crippen molar-refractivity contribution in [3.05, 3.63) is 35.4 Å². The molecule has 0 aromatic heterocycles. The van der Waals surface area contributed by atoms with Crippen LogP contribution in [-0.4, -0.2) is 23.7 Å². The first-order chi connectivity index (χ1) is 9.56. The number of carboxylic acid groups (broad SMARTS) is 1. The van der Waals surface area contributed by atoms with Crippen LogP contribution >= 0.6 is 0 Å². The number of hydrogen-bond acceptors (Lipinski definition) is 3. The van der Waals surface area contributed by atoms with E-state index in [4.69, 9.17) is 9.84 Å². The molecule has 0 amide bonds. The standard InChI is InChI=1S/C16H20O4/c1-11-2-4-12(5-3-11)10-20-16(19)14-8-6-13(7-9-14)15(17)18/h6-9,11-12H,2-5,10H2,1H3,(H,17,18). The number of carbonyl (C=O) groups is 2. The van der Waals surface area contributed by atoms with Gasteiger partial charge in [-0.25, -0.2) is 9.59 Å². The lowest BCUT2D eigenvalue weighted by Gasteiger charge is -2.25. The van der Waals surface area contributed by atoms with E-state index in [9.17, 15) is 9.59 Å². The molecular weight excluding hydrogens is 256 g/mol. The van der Waals surface area contributed by atoms with E-state index in [2.05, 4.69) is 6.92 Å². The van der Waals surface area contributed by atoms with Crippen molar-refractivity contribution < 1.29 is 19.4 Å². The Kier molecular flexibility index (Phi) is 4.77. The summed E-state index contributed by atoms with van der Waals surface area (Å²) in [6.07, 6.45) is 4.64. The average Bonchev–Trinajstić information content (AvgIpc) is 2.46. The third-order valence-electron chi connectivity index (χ3n) is 3.95. The van der Waals surface area contributed by atoms with Crippen LogP contribution in [0.15, 0.2) is 24.3 Å². The molecule has 20 heavy (non-hydrogen) atoms. The molecule has 0 bridgehead atoms. The van der Waals surface area contributed by atoms with Crippen molar-refractivity contribution in [1.29, 1.82) is 0 Å². The maximum Gasteiger partial charge on any atom is 0.338 e. The van der Waals surface area contributed by atoms with E-state index >= 15 is 0 Å². The summed E-state index contributed by atoms with van der Waals surface area (Å²) in [5, 5.41) is 8.79. The van der Waals surface area contributed by atoms with Crippen molar-refractivity contribution in [2.75, 3.05) is 6.61 Å². The third-order valence-corrected chi connectivity index (χ3v) is 3.95. The molecule has 1 aliphatic carbocycles. The molecule has 0 radical (unpaired) electrons. The maximum absolute atomic E-state index is 11.9. The lowest BCUT2D eigenvalue weighted by Crippen LogP contribution is -2.19. The topological polar surface area (TPSA) is 63.6 Å². The molecule has 108 valence electrons. The Hall–Kier alpha value is -1.84. The smallest absolute Gasteiger partial charge is 0.338 e. The fraction of sp³-hybridized carbons (Fsp3) is 0.500. The van der Waals surface area contributed by atoms with Gasteiger partial charge in [-0.05, 0) is 48.9 Å². The van der Waals surface area contributed by atoms with Crippen LogP contribution in [0.25, 0.3) is 0 Å². The second kappa shape index (κ2) is 6.55. The predicted molar refractivity (Wildman–Crippen MR) is 74.8 cm³/mol.